The fraction of sp³-hybridized carbons (Fsp3) is 0.500. The molecule has 0 unspecified atom stereocenters. The first kappa shape index (κ1) is 12.7. The second kappa shape index (κ2) is 4.19. The van der Waals surface area contributed by atoms with Crippen LogP contribution in [0.1, 0.15) is 31.7 Å². The third-order valence-corrected chi connectivity index (χ3v) is 3.67. The van der Waals surface area contributed by atoms with Gasteiger partial charge in [-0.05, 0) is 44.4 Å². The Labute approximate surface area is 107 Å². The second-order valence-corrected chi connectivity index (χ2v) is 5.64. The van der Waals surface area contributed by atoms with Gasteiger partial charge in [0.15, 0.2) is 0 Å². The molecule has 0 radical (unpaired) electrons. The summed E-state index contributed by atoms with van der Waals surface area (Å²) in [5, 5.41) is 3.02. The van der Waals surface area contributed by atoms with Crippen molar-refractivity contribution in [2.24, 2.45) is 0 Å². The Morgan fingerprint density at radius 3 is 2.41 bits per heavy atom. The van der Waals surface area contributed by atoms with Crippen molar-refractivity contribution in [3.63, 3.8) is 0 Å². The van der Waals surface area contributed by atoms with Crippen molar-refractivity contribution >= 4 is 21.6 Å². The summed E-state index contributed by atoms with van der Waals surface area (Å²) in [5.41, 5.74) is -0.635. The van der Waals surface area contributed by atoms with Crippen LogP contribution in [-0.4, -0.2) is 5.54 Å². The van der Waals surface area contributed by atoms with Gasteiger partial charge in [-0.25, -0.2) is 0 Å². The lowest BCUT2D eigenvalue weighted by atomic mass is 9.78. The van der Waals surface area contributed by atoms with Crippen molar-refractivity contribution in [3.8, 4) is 0 Å². The zero-order valence-electron chi connectivity index (χ0n) is 9.37. The van der Waals surface area contributed by atoms with E-state index in [1.807, 2.05) is 6.92 Å². The average molecular weight is 308 g/mol. The van der Waals surface area contributed by atoms with E-state index >= 15 is 0 Å². The van der Waals surface area contributed by atoms with Crippen LogP contribution in [0.15, 0.2) is 22.7 Å². The highest BCUT2D eigenvalue weighted by Crippen LogP contribution is 2.41. The monoisotopic (exact) mass is 307 g/mol. The molecule has 1 aromatic rings. The van der Waals surface area contributed by atoms with Gasteiger partial charge in [0, 0.05) is 15.7 Å². The zero-order chi connectivity index (χ0) is 12.7. The molecule has 0 spiro atoms. The van der Waals surface area contributed by atoms with Gasteiger partial charge in [0.1, 0.15) is 0 Å². The number of hydrogen-bond acceptors (Lipinski definition) is 1. The van der Waals surface area contributed by atoms with E-state index in [0.29, 0.717) is 4.47 Å². The maximum absolute atomic E-state index is 12.8. The highest BCUT2D eigenvalue weighted by molar-refractivity contribution is 9.10. The van der Waals surface area contributed by atoms with E-state index in [1.54, 1.807) is 0 Å². The molecule has 5 heteroatoms. The van der Waals surface area contributed by atoms with Crippen LogP contribution in [0.3, 0.4) is 0 Å². The first-order valence-corrected chi connectivity index (χ1v) is 6.24. The summed E-state index contributed by atoms with van der Waals surface area (Å²) in [5.74, 6) is 0. The Morgan fingerprint density at radius 1 is 1.29 bits per heavy atom. The van der Waals surface area contributed by atoms with Crippen molar-refractivity contribution in [2.75, 3.05) is 5.32 Å². The van der Waals surface area contributed by atoms with Crippen LogP contribution in [0.2, 0.25) is 0 Å². The number of nitrogens with one attached hydrogen (secondary N) is 1. The summed E-state index contributed by atoms with van der Waals surface area (Å²) < 4.78 is 39.1. The van der Waals surface area contributed by atoms with Crippen LogP contribution in [0.4, 0.5) is 18.9 Å². The van der Waals surface area contributed by atoms with Gasteiger partial charge in [0.05, 0.1) is 5.56 Å². The molecule has 0 amide bonds. The lowest BCUT2D eigenvalue weighted by Crippen LogP contribution is -2.42. The predicted molar refractivity (Wildman–Crippen MR) is 65.0 cm³/mol. The molecule has 94 valence electrons. The molecular formula is C12H13BrF3N. The van der Waals surface area contributed by atoms with Gasteiger partial charge in [-0.1, -0.05) is 15.9 Å². The van der Waals surface area contributed by atoms with Gasteiger partial charge in [-0.3, -0.25) is 0 Å². The van der Waals surface area contributed by atoms with E-state index in [0.717, 1.165) is 25.3 Å². The summed E-state index contributed by atoms with van der Waals surface area (Å²) in [6.07, 6.45) is -1.42. The highest BCUT2D eigenvalue weighted by Gasteiger charge is 2.37. The minimum Gasteiger partial charge on any atom is -0.379 e. The van der Waals surface area contributed by atoms with E-state index in [-0.39, 0.29) is 11.2 Å². The van der Waals surface area contributed by atoms with Crippen LogP contribution in [-0.2, 0) is 6.18 Å². The molecule has 1 N–H and O–H groups in total. The summed E-state index contributed by atoms with van der Waals surface area (Å²) in [4.78, 5) is 0. The average Bonchev–Trinajstić information content (AvgIpc) is 2.13. The molecule has 2 rings (SSSR count). The molecule has 0 heterocycles. The Morgan fingerprint density at radius 2 is 1.94 bits per heavy atom. The fourth-order valence-electron chi connectivity index (χ4n) is 2.02. The smallest absolute Gasteiger partial charge is 0.379 e. The molecular weight excluding hydrogens is 295 g/mol. The van der Waals surface area contributed by atoms with E-state index < -0.39 is 11.7 Å². The predicted octanol–water partition coefficient (Wildman–Crippen LogP) is 4.82. The second-order valence-electron chi connectivity index (χ2n) is 4.73. The van der Waals surface area contributed by atoms with Gasteiger partial charge in [0.25, 0.3) is 0 Å². The summed E-state index contributed by atoms with van der Waals surface area (Å²) in [7, 11) is 0. The van der Waals surface area contributed by atoms with Crippen molar-refractivity contribution in [1.29, 1.82) is 0 Å². The molecule has 0 aromatic heterocycles. The zero-order valence-corrected chi connectivity index (χ0v) is 11.0. The molecule has 1 saturated carbocycles. The van der Waals surface area contributed by atoms with Crippen molar-refractivity contribution in [1.82, 2.24) is 0 Å². The Hall–Kier alpha value is -0.710. The normalized spacial score (nSPS) is 18.6. The lowest BCUT2D eigenvalue weighted by Gasteiger charge is -2.40. The SMILES string of the molecule is CC1(Nc2cc(Br)ccc2C(F)(F)F)CCC1. The Bertz CT molecular complexity index is 424. The van der Waals surface area contributed by atoms with Crippen LogP contribution in [0.5, 0.6) is 0 Å². The maximum Gasteiger partial charge on any atom is 0.418 e. The van der Waals surface area contributed by atoms with Gasteiger partial charge in [0.2, 0.25) is 0 Å². The largest absolute Gasteiger partial charge is 0.418 e. The standard InChI is InChI=1S/C12H13BrF3N/c1-11(5-2-6-11)17-10-7-8(13)3-4-9(10)12(14,15)16/h3-4,7,17H,2,5-6H2,1H3. The molecule has 1 aromatic carbocycles. The molecule has 0 saturated heterocycles. The lowest BCUT2D eigenvalue weighted by molar-refractivity contribution is -0.137. The van der Waals surface area contributed by atoms with Gasteiger partial charge in [-0.2, -0.15) is 13.2 Å². The molecule has 0 bridgehead atoms. The molecule has 17 heavy (non-hydrogen) atoms. The van der Waals surface area contributed by atoms with Crippen LogP contribution < -0.4 is 5.32 Å². The van der Waals surface area contributed by atoms with E-state index in [1.165, 1.54) is 12.1 Å². The number of halogens is 4. The van der Waals surface area contributed by atoms with Crippen molar-refractivity contribution in [3.05, 3.63) is 28.2 Å². The molecule has 1 fully saturated rings. The number of anilines is 1. The van der Waals surface area contributed by atoms with Crippen molar-refractivity contribution < 1.29 is 13.2 Å². The van der Waals surface area contributed by atoms with E-state index in [9.17, 15) is 13.2 Å². The van der Waals surface area contributed by atoms with Crippen LogP contribution >= 0.6 is 15.9 Å². The molecule has 0 aliphatic heterocycles. The maximum atomic E-state index is 12.8. The summed E-state index contributed by atoms with van der Waals surface area (Å²) in [6.45, 7) is 1.96. The number of alkyl halides is 3. The molecule has 1 nitrogen and oxygen atoms in total. The minimum atomic E-state index is -4.32. The topological polar surface area (TPSA) is 12.0 Å². The number of rotatable bonds is 2. The van der Waals surface area contributed by atoms with Crippen molar-refractivity contribution in [2.45, 2.75) is 37.9 Å². The van der Waals surface area contributed by atoms with Crippen LogP contribution in [0, 0.1) is 0 Å². The third kappa shape index (κ3) is 2.76. The first-order valence-electron chi connectivity index (χ1n) is 5.45. The third-order valence-electron chi connectivity index (χ3n) is 3.18. The van der Waals surface area contributed by atoms with E-state index in [4.69, 9.17) is 0 Å². The van der Waals surface area contributed by atoms with Gasteiger partial charge < -0.3 is 5.32 Å². The first-order chi connectivity index (χ1) is 7.80. The Kier molecular flexibility index (Phi) is 3.14. The molecule has 1 aliphatic carbocycles. The molecule has 0 atom stereocenters. The summed E-state index contributed by atoms with van der Waals surface area (Å²) >= 11 is 3.20. The highest BCUT2D eigenvalue weighted by atomic mass is 79.9. The minimum absolute atomic E-state index is 0.161. The van der Waals surface area contributed by atoms with Crippen LogP contribution in [0.25, 0.3) is 0 Å². The number of benzene rings is 1. The van der Waals surface area contributed by atoms with E-state index in [2.05, 4.69) is 21.2 Å². The fourth-order valence-corrected chi connectivity index (χ4v) is 2.39. The Balaban J connectivity index is 2.33. The molecule has 1 aliphatic rings. The number of hydrogen-bond donors (Lipinski definition) is 1. The quantitative estimate of drug-likeness (QED) is 0.826. The summed E-state index contributed by atoms with van der Waals surface area (Å²) in [6, 6.07) is 4.01. The van der Waals surface area contributed by atoms with Gasteiger partial charge >= 0.3 is 6.18 Å². The van der Waals surface area contributed by atoms with Gasteiger partial charge in [-0.15, -0.1) is 0 Å².